The maximum atomic E-state index is 14.1. The first-order valence-corrected chi connectivity index (χ1v) is 6.58. The fraction of sp³-hybridized carbons (Fsp3) is 0.500. The molecule has 2 rings (SSSR count). The first-order chi connectivity index (χ1) is 9.04. The fourth-order valence-corrected chi connectivity index (χ4v) is 2.70. The lowest BCUT2D eigenvalue weighted by Crippen LogP contribution is -2.46. The lowest BCUT2D eigenvalue weighted by atomic mass is 9.91. The monoisotopic (exact) mass is 265 g/mol. The van der Waals surface area contributed by atoms with Crippen molar-refractivity contribution < 1.29 is 9.18 Å². The Balaban J connectivity index is 2.36. The van der Waals surface area contributed by atoms with Crippen LogP contribution in [0.1, 0.15) is 25.3 Å². The van der Waals surface area contributed by atoms with E-state index in [0.29, 0.717) is 12.2 Å². The molecule has 0 bridgehead atoms. The van der Waals surface area contributed by atoms with Crippen LogP contribution < -0.4 is 16.4 Å². The van der Waals surface area contributed by atoms with Crippen molar-refractivity contribution in [2.24, 2.45) is 17.4 Å². The summed E-state index contributed by atoms with van der Waals surface area (Å²) in [5.41, 5.74) is 12.3. The van der Waals surface area contributed by atoms with Gasteiger partial charge in [0.1, 0.15) is 5.82 Å². The molecule has 1 amide bonds. The van der Waals surface area contributed by atoms with Gasteiger partial charge in [0, 0.05) is 19.1 Å². The summed E-state index contributed by atoms with van der Waals surface area (Å²) in [5.74, 6) is -0.830. The van der Waals surface area contributed by atoms with Crippen LogP contribution in [-0.4, -0.2) is 18.5 Å². The topological polar surface area (TPSA) is 72.4 Å². The third-order valence-electron chi connectivity index (χ3n) is 3.86. The number of carbonyl (C=O) groups is 1. The molecule has 4 nitrogen and oxygen atoms in total. The van der Waals surface area contributed by atoms with Crippen molar-refractivity contribution in [3.63, 3.8) is 0 Å². The first kappa shape index (κ1) is 13.8. The smallest absolute Gasteiger partial charge is 0.222 e. The Bertz CT molecular complexity index is 478. The fourth-order valence-electron chi connectivity index (χ4n) is 2.70. The maximum absolute atomic E-state index is 14.1. The van der Waals surface area contributed by atoms with Crippen LogP contribution >= 0.6 is 0 Å². The standard InChI is InChI=1S/C14H20FN3O/c1-9-5-6-11(14(17)19)8-18(9)13-10(7-16)3-2-4-12(13)15/h2-4,9,11H,5-8,16H2,1H3,(H2,17,19). The minimum absolute atomic E-state index is 0.179. The molecule has 1 saturated heterocycles. The summed E-state index contributed by atoms with van der Waals surface area (Å²) in [4.78, 5) is 13.3. The molecule has 1 aliphatic heterocycles. The predicted molar refractivity (Wildman–Crippen MR) is 73.0 cm³/mol. The molecule has 1 heterocycles. The van der Waals surface area contributed by atoms with Crippen LogP contribution in [0.2, 0.25) is 0 Å². The van der Waals surface area contributed by atoms with Gasteiger partial charge in [0.2, 0.25) is 5.91 Å². The molecule has 0 spiro atoms. The molecule has 2 unspecified atom stereocenters. The van der Waals surface area contributed by atoms with E-state index in [4.69, 9.17) is 11.5 Å². The number of benzene rings is 1. The van der Waals surface area contributed by atoms with Gasteiger partial charge in [0.25, 0.3) is 0 Å². The van der Waals surface area contributed by atoms with Crippen molar-refractivity contribution in [1.82, 2.24) is 0 Å². The molecule has 19 heavy (non-hydrogen) atoms. The quantitative estimate of drug-likeness (QED) is 0.867. The van der Waals surface area contributed by atoms with Crippen molar-refractivity contribution in [2.45, 2.75) is 32.4 Å². The summed E-state index contributed by atoms with van der Waals surface area (Å²) >= 11 is 0. The number of nitrogens with two attached hydrogens (primary N) is 2. The zero-order chi connectivity index (χ0) is 14.0. The molecule has 0 aliphatic carbocycles. The van der Waals surface area contributed by atoms with Gasteiger partial charge in [-0.15, -0.1) is 0 Å². The number of amides is 1. The summed E-state index contributed by atoms with van der Waals surface area (Å²) in [5, 5.41) is 0. The summed E-state index contributed by atoms with van der Waals surface area (Å²) in [6.07, 6.45) is 1.59. The molecular formula is C14H20FN3O. The van der Waals surface area contributed by atoms with E-state index in [1.165, 1.54) is 6.07 Å². The van der Waals surface area contributed by atoms with Crippen molar-refractivity contribution in [2.75, 3.05) is 11.4 Å². The number of primary amides is 1. The summed E-state index contributed by atoms with van der Waals surface area (Å²) in [6, 6.07) is 5.08. The molecule has 0 saturated carbocycles. The largest absolute Gasteiger partial charge is 0.369 e. The molecule has 5 heteroatoms. The van der Waals surface area contributed by atoms with Crippen LogP contribution in [0.4, 0.5) is 10.1 Å². The van der Waals surface area contributed by atoms with Gasteiger partial charge in [-0.2, -0.15) is 0 Å². The van der Waals surface area contributed by atoms with Crippen LogP contribution in [-0.2, 0) is 11.3 Å². The summed E-state index contributed by atoms with van der Waals surface area (Å²) in [7, 11) is 0. The molecule has 1 aromatic carbocycles. The number of carbonyl (C=O) groups excluding carboxylic acids is 1. The van der Waals surface area contributed by atoms with E-state index in [9.17, 15) is 9.18 Å². The average Bonchev–Trinajstić information content (AvgIpc) is 2.39. The van der Waals surface area contributed by atoms with E-state index in [1.807, 2.05) is 17.9 Å². The first-order valence-electron chi connectivity index (χ1n) is 6.58. The lowest BCUT2D eigenvalue weighted by molar-refractivity contribution is -0.122. The molecule has 104 valence electrons. The molecule has 1 aromatic rings. The third kappa shape index (κ3) is 2.71. The van der Waals surface area contributed by atoms with Crippen LogP contribution in [0.15, 0.2) is 18.2 Å². The highest BCUT2D eigenvalue weighted by atomic mass is 19.1. The third-order valence-corrected chi connectivity index (χ3v) is 3.86. The number of nitrogens with zero attached hydrogens (tertiary/aromatic N) is 1. The van der Waals surface area contributed by atoms with Crippen molar-refractivity contribution >= 4 is 11.6 Å². The summed E-state index contributed by atoms with van der Waals surface area (Å²) < 4.78 is 14.1. The van der Waals surface area contributed by atoms with Crippen LogP contribution in [0.3, 0.4) is 0 Å². The van der Waals surface area contributed by atoms with Crippen LogP contribution in [0.25, 0.3) is 0 Å². The number of hydrogen-bond donors (Lipinski definition) is 2. The predicted octanol–water partition coefficient (Wildman–Crippen LogP) is 1.37. The zero-order valence-corrected chi connectivity index (χ0v) is 11.1. The average molecular weight is 265 g/mol. The summed E-state index contributed by atoms with van der Waals surface area (Å²) in [6.45, 7) is 2.77. The van der Waals surface area contributed by atoms with Crippen LogP contribution in [0.5, 0.6) is 0 Å². The van der Waals surface area contributed by atoms with Gasteiger partial charge in [0.15, 0.2) is 0 Å². The van der Waals surface area contributed by atoms with E-state index < -0.39 is 0 Å². The normalized spacial score (nSPS) is 23.4. The number of rotatable bonds is 3. The number of piperidine rings is 1. The van der Waals surface area contributed by atoms with Gasteiger partial charge in [-0.1, -0.05) is 12.1 Å². The number of halogens is 1. The lowest BCUT2D eigenvalue weighted by Gasteiger charge is -2.39. The molecule has 4 N–H and O–H groups in total. The highest BCUT2D eigenvalue weighted by Crippen LogP contribution is 2.32. The van der Waals surface area contributed by atoms with E-state index >= 15 is 0 Å². The van der Waals surface area contributed by atoms with Gasteiger partial charge in [0.05, 0.1) is 11.6 Å². The second-order valence-corrected chi connectivity index (χ2v) is 5.13. The molecular weight excluding hydrogens is 245 g/mol. The minimum atomic E-state index is -0.317. The number of para-hydroxylation sites is 1. The zero-order valence-electron chi connectivity index (χ0n) is 11.1. The van der Waals surface area contributed by atoms with E-state index in [-0.39, 0.29) is 30.2 Å². The second kappa shape index (κ2) is 5.57. The maximum Gasteiger partial charge on any atom is 0.222 e. The van der Waals surface area contributed by atoms with Crippen LogP contribution in [0, 0.1) is 11.7 Å². The minimum Gasteiger partial charge on any atom is -0.369 e. The van der Waals surface area contributed by atoms with E-state index in [2.05, 4.69) is 0 Å². The highest BCUT2D eigenvalue weighted by molar-refractivity contribution is 5.78. The highest BCUT2D eigenvalue weighted by Gasteiger charge is 2.31. The molecule has 1 aliphatic rings. The Morgan fingerprint density at radius 3 is 2.84 bits per heavy atom. The van der Waals surface area contributed by atoms with Crippen molar-refractivity contribution in [1.29, 1.82) is 0 Å². The van der Waals surface area contributed by atoms with Gasteiger partial charge >= 0.3 is 0 Å². The SMILES string of the molecule is CC1CCC(C(N)=O)CN1c1c(F)cccc1CN. The van der Waals surface area contributed by atoms with E-state index in [1.54, 1.807) is 6.07 Å². The van der Waals surface area contributed by atoms with Gasteiger partial charge in [-0.25, -0.2) is 4.39 Å². The van der Waals surface area contributed by atoms with Crippen molar-refractivity contribution in [3.8, 4) is 0 Å². The Kier molecular flexibility index (Phi) is 4.04. The Morgan fingerprint density at radius 1 is 1.47 bits per heavy atom. The van der Waals surface area contributed by atoms with Crippen molar-refractivity contribution in [3.05, 3.63) is 29.6 Å². The van der Waals surface area contributed by atoms with E-state index in [0.717, 1.165) is 18.4 Å². The molecule has 0 aromatic heterocycles. The second-order valence-electron chi connectivity index (χ2n) is 5.13. The number of anilines is 1. The Labute approximate surface area is 112 Å². The Hall–Kier alpha value is -1.62. The van der Waals surface area contributed by atoms with Gasteiger partial charge in [-0.05, 0) is 31.4 Å². The van der Waals surface area contributed by atoms with Gasteiger partial charge in [-0.3, -0.25) is 4.79 Å². The molecule has 1 fully saturated rings. The molecule has 2 atom stereocenters. The van der Waals surface area contributed by atoms with Gasteiger partial charge < -0.3 is 16.4 Å². The molecule has 0 radical (unpaired) electrons. The Morgan fingerprint density at radius 2 is 2.21 bits per heavy atom. The number of hydrogen-bond acceptors (Lipinski definition) is 3.